The molecular weight excluding hydrogens is 453 g/mol. The van der Waals surface area contributed by atoms with Gasteiger partial charge in [0.1, 0.15) is 11.5 Å². The molecular formula is C28H19Cl2NO2. The standard InChI is InChI=1S/C28H19Cl2NO2/c1-18-7-5-6-10-25(18)31-26(19-8-3-2-4-9-19)17-21(28(31)32)15-22-12-14-27(33-22)20-11-13-23(29)24(30)16-20/h2-17H,1H3/b21-15-. The molecule has 3 nitrogen and oxygen atoms in total. The van der Waals surface area contributed by atoms with Crippen LogP contribution in [0, 0.1) is 6.92 Å². The van der Waals surface area contributed by atoms with Crippen molar-refractivity contribution in [1.82, 2.24) is 0 Å². The number of rotatable bonds is 4. The Balaban J connectivity index is 1.55. The van der Waals surface area contributed by atoms with Crippen LogP contribution in [0.4, 0.5) is 5.69 Å². The molecule has 5 rings (SSSR count). The maximum Gasteiger partial charge on any atom is 0.263 e. The molecule has 0 bridgehead atoms. The van der Waals surface area contributed by atoms with Crippen molar-refractivity contribution in [3.8, 4) is 11.3 Å². The molecule has 1 aliphatic rings. The number of carbonyl (C=O) groups is 1. The minimum absolute atomic E-state index is 0.101. The number of anilines is 1. The van der Waals surface area contributed by atoms with Crippen molar-refractivity contribution in [1.29, 1.82) is 0 Å². The Labute approximate surface area is 202 Å². The van der Waals surface area contributed by atoms with Crippen molar-refractivity contribution in [2.24, 2.45) is 0 Å². The summed E-state index contributed by atoms with van der Waals surface area (Å²) in [6, 6.07) is 26.8. The molecule has 2 heterocycles. The third-order valence-corrected chi connectivity index (χ3v) is 6.28. The summed E-state index contributed by atoms with van der Waals surface area (Å²) in [5, 5.41) is 0.946. The van der Waals surface area contributed by atoms with Gasteiger partial charge in [-0.2, -0.15) is 0 Å². The second kappa shape index (κ2) is 8.78. The minimum atomic E-state index is -0.101. The van der Waals surface area contributed by atoms with Gasteiger partial charge in [-0.3, -0.25) is 9.69 Å². The van der Waals surface area contributed by atoms with Crippen molar-refractivity contribution >= 4 is 46.6 Å². The van der Waals surface area contributed by atoms with E-state index in [1.54, 1.807) is 23.1 Å². The van der Waals surface area contributed by atoms with Gasteiger partial charge in [0, 0.05) is 11.1 Å². The number of furan rings is 1. The third-order valence-electron chi connectivity index (χ3n) is 5.54. The molecule has 0 saturated carbocycles. The smallest absolute Gasteiger partial charge is 0.263 e. The topological polar surface area (TPSA) is 33.5 Å². The number of hydrogen-bond acceptors (Lipinski definition) is 2. The highest BCUT2D eigenvalue weighted by Gasteiger charge is 2.31. The molecule has 1 aromatic heterocycles. The zero-order chi connectivity index (χ0) is 22.9. The van der Waals surface area contributed by atoms with Gasteiger partial charge >= 0.3 is 0 Å². The van der Waals surface area contributed by atoms with Gasteiger partial charge in [-0.05, 0) is 66.6 Å². The number of halogens is 2. The van der Waals surface area contributed by atoms with Crippen LogP contribution in [-0.4, -0.2) is 5.91 Å². The Morgan fingerprint density at radius 2 is 1.58 bits per heavy atom. The normalized spacial score (nSPS) is 14.8. The van der Waals surface area contributed by atoms with E-state index in [1.165, 1.54) is 0 Å². The average Bonchev–Trinajstić information content (AvgIpc) is 3.42. The number of amides is 1. The summed E-state index contributed by atoms with van der Waals surface area (Å²) in [5.41, 5.74) is 5.04. The first-order chi connectivity index (χ1) is 16.0. The zero-order valence-electron chi connectivity index (χ0n) is 17.8. The van der Waals surface area contributed by atoms with Crippen LogP contribution >= 0.6 is 23.2 Å². The lowest BCUT2D eigenvalue weighted by atomic mass is 10.1. The van der Waals surface area contributed by atoms with Gasteiger partial charge in [0.25, 0.3) is 5.91 Å². The Morgan fingerprint density at radius 3 is 2.33 bits per heavy atom. The minimum Gasteiger partial charge on any atom is -0.457 e. The van der Waals surface area contributed by atoms with Crippen molar-refractivity contribution in [3.05, 3.63) is 124 Å². The second-order valence-corrected chi connectivity index (χ2v) is 8.57. The first-order valence-corrected chi connectivity index (χ1v) is 11.2. The van der Waals surface area contributed by atoms with Crippen LogP contribution in [0.2, 0.25) is 10.0 Å². The van der Waals surface area contributed by atoms with E-state index in [-0.39, 0.29) is 5.91 Å². The summed E-state index contributed by atoms with van der Waals surface area (Å²) in [7, 11) is 0. The van der Waals surface area contributed by atoms with E-state index in [2.05, 4.69) is 0 Å². The molecule has 4 aromatic rings. The van der Waals surface area contributed by atoms with Crippen LogP contribution in [0.3, 0.4) is 0 Å². The molecule has 1 amide bonds. The van der Waals surface area contributed by atoms with Gasteiger partial charge in [-0.15, -0.1) is 0 Å². The monoisotopic (exact) mass is 471 g/mol. The Bertz CT molecular complexity index is 1420. The lowest BCUT2D eigenvalue weighted by molar-refractivity contribution is -0.113. The molecule has 0 fully saturated rings. The molecule has 3 aromatic carbocycles. The van der Waals surface area contributed by atoms with E-state index in [9.17, 15) is 4.79 Å². The molecule has 5 heteroatoms. The fourth-order valence-corrected chi connectivity index (χ4v) is 4.18. The van der Waals surface area contributed by atoms with Crippen LogP contribution in [0.25, 0.3) is 23.1 Å². The van der Waals surface area contributed by atoms with Gasteiger partial charge in [-0.25, -0.2) is 0 Å². The van der Waals surface area contributed by atoms with Crippen LogP contribution < -0.4 is 4.90 Å². The van der Waals surface area contributed by atoms with Crippen LogP contribution in [0.15, 0.2) is 101 Å². The predicted molar refractivity (Wildman–Crippen MR) is 135 cm³/mol. The number of nitrogens with zero attached hydrogens (tertiary/aromatic N) is 1. The quantitative estimate of drug-likeness (QED) is 0.282. The van der Waals surface area contributed by atoms with Crippen LogP contribution in [-0.2, 0) is 4.79 Å². The highest BCUT2D eigenvalue weighted by Crippen LogP contribution is 2.37. The molecule has 0 unspecified atom stereocenters. The number of aryl methyl sites for hydroxylation is 1. The highest BCUT2D eigenvalue weighted by atomic mass is 35.5. The first-order valence-electron chi connectivity index (χ1n) is 10.5. The molecule has 1 aliphatic heterocycles. The lowest BCUT2D eigenvalue weighted by Gasteiger charge is -2.22. The summed E-state index contributed by atoms with van der Waals surface area (Å²) in [6.07, 6.45) is 3.68. The molecule has 33 heavy (non-hydrogen) atoms. The molecule has 162 valence electrons. The van der Waals surface area contributed by atoms with E-state index in [1.807, 2.05) is 85.8 Å². The van der Waals surface area contributed by atoms with Crippen LogP contribution in [0.1, 0.15) is 16.9 Å². The molecule has 0 radical (unpaired) electrons. The van der Waals surface area contributed by atoms with E-state index in [4.69, 9.17) is 27.6 Å². The molecule has 0 atom stereocenters. The summed E-state index contributed by atoms with van der Waals surface area (Å²) in [5.74, 6) is 1.12. The maximum atomic E-state index is 13.5. The van der Waals surface area contributed by atoms with Crippen molar-refractivity contribution in [3.63, 3.8) is 0 Å². The first kappa shape index (κ1) is 21.3. The van der Waals surface area contributed by atoms with Crippen LogP contribution in [0.5, 0.6) is 0 Å². The molecule has 0 aliphatic carbocycles. The fraction of sp³-hybridized carbons (Fsp3) is 0.0357. The SMILES string of the molecule is Cc1ccccc1N1C(=O)/C(=C\c2ccc(-c3ccc(Cl)c(Cl)c3)o2)C=C1c1ccccc1. The van der Waals surface area contributed by atoms with Gasteiger partial charge in [0.2, 0.25) is 0 Å². The fourth-order valence-electron chi connectivity index (χ4n) is 3.88. The number of carbonyl (C=O) groups excluding carboxylic acids is 1. The highest BCUT2D eigenvalue weighted by molar-refractivity contribution is 6.42. The van der Waals surface area contributed by atoms with Gasteiger partial charge in [0.15, 0.2) is 0 Å². The lowest BCUT2D eigenvalue weighted by Crippen LogP contribution is -2.25. The number of benzene rings is 3. The van der Waals surface area contributed by atoms with Crippen molar-refractivity contribution < 1.29 is 9.21 Å². The Kier molecular flexibility index (Phi) is 5.67. The summed E-state index contributed by atoms with van der Waals surface area (Å²) in [6.45, 7) is 2.00. The van der Waals surface area contributed by atoms with E-state index < -0.39 is 0 Å². The summed E-state index contributed by atoms with van der Waals surface area (Å²) in [4.78, 5) is 15.3. The zero-order valence-corrected chi connectivity index (χ0v) is 19.3. The van der Waals surface area contributed by atoms with E-state index in [0.717, 1.165) is 28.1 Å². The number of hydrogen-bond donors (Lipinski definition) is 0. The Hall–Kier alpha value is -3.53. The third kappa shape index (κ3) is 4.13. The van der Waals surface area contributed by atoms with Gasteiger partial charge < -0.3 is 4.42 Å². The van der Waals surface area contributed by atoms with E-state index in [0.29, 0.717) is 27.1 Å². The maximum absolute atomic E-state index is 13.5. The molecule has 0 saturated heterocycles. The second-order valence-electron chi connectivity index (χ2n) is 7.75. The summed E-state index contributed by atoms with van der Waals surface area (Å²) < 4.78 is 6.00. The predicted octanol–water partition coefficient (Wildman–Crippen LogP) is 8.03. The molecule has 0 N–H and O–H groups in total. The van der Waals surface area contributed by atoms with Gasteiger partial charge in [-0.1, -0.05) is 71.7 Å². The number of para-hydroxylation sites is 1. The van der Waals surface area contributed by atoms with Crippen molar-refractivity contribution in [2.45, 2.75) is 6.92 Å². The average molecular weight is 472 g/mol. The van der Waals surface area contributed by atoms with E-state index >= 15 is 0 Å². The molecule has 0 spiro atoms. The Morgan fingerprint density at radius 1 is 0.818 bits per heavy atom. The van der Waals surface area contributed by atoms with Crippen molar-refractivity contribution in [2.75, 3.05) is 4.90 Å². The van der Waals surface area contributed by atoms with Gasteiger partial charge in [0.05, 0.1) is 21.4 Å². The largest absolute Gasteiger partial charge is 0.457 e. The summed E-state index contributed by atoms with van der Waals surface area (Å²) >= 11 is 12.2.